The van der Waals surface area contributed by atoms with Gasteiger partial charge in [0.05, 0.1) is 0 Å². The van der Waals surface area contributed by atoms with Gasteiger partial charge in [0, 0.05) is 6.21 Å². The van der Waals surface area contributed by atoms with Crippen molar-refractivity contribution in [3.63, 3.8) is 0 Å². The molecule has 0 rings (SSSR count). The number of carbonyl (C=O) groups excluding carboxylic acids is 1. The summed E-state index contributed by atoms with van der Waals surface area (Å²) in [4.78, 5) is 9.37. The molecule has 1 N–H and O–H groups in total. The molecule has 2 heteroatoms. The number of aldehydes is 1. The molecule has 0 spiro atoms. The highest BCUT2D eigenvalue weighted by Gasteiger charge is 1.53. The second-order valence-electron chi connectivity index (χ2n) is 0.688. The third-order valence-electron chi connectivity index (χ3n) is 0.286. The summed E-state index contributed by atoms with van der Waals surface area (Å²) < 4.78 is 0. The van der Waals surface area contributed by atoms with Gasteiger partial charge in [-0.05, 0) is 12.2 Å². The van der Waals surface area contributed by atoms with Gasteiger partial charge in [-0.3, -0.25) is 4.79 Å². The minimum Gasteiger partial charge on any atom is -0.309 e. The van der Waals surface area contributed by atoms with Crippen LogP contribution in [0.1, 0.15) is 0 Å². The number of allylic oxidation sites excluding steroid dienone is 2. The van der Waals surface area contributed by atoms with Crippen LogP contribution >= 0.6 is 0 Å². The van der Waals surface area contributed by atoms with Crippen LogP contribution in [0.5, 0.6) is 0 Å². The molecule has 0 fully saturated rings. The first kappa shape index (κ1) is 5.08. The van der Waals surface area contributed by atoms with E-state index in [2.05, 4.69) is 0 Å². The molecular weight excluding hydrogens is 78.0 g/mol. The van der Waals surface area contributed by atoms with Crippen molar-refractivity contribution in [1.82, 2.24) is 0 Å². The Morgan fingerprint density at radius 1 is 1.33 bits per heavy atom. The van der Waals surface area contributed by atoms with Crippen LogP contribution in [0.25, 0.3) is 0 Å². The Hall–Kier alpha value is -0.920. The Kier molecular flexibility index (Phi) is 3.45. The van der Waals surface area contributed by atoms with E-state index in [1.807, 2.05) is 0 Å². The summed E-state index contributed by atoms with van der Waals surface area (Å²) in [5, 5.41) is 6.34. The lowest BCUT2D eigenvalue weighted by Crippen LogP contribution is -1.58. The molecular formula is C4H5NO. The summed E-state index contributed by atoms with van der Waals surface area (Å²) >= 11 is 0. The van der Waals surface area contributed by atoms with E-state index in [1.54, 1.807) is 0 Å². The SMILES string of the molecule is N=CC=CC=O. The van der Waals surface area contributed by atoms with Crippen molar-refractivity contribution in [3.05, 3.63) is 12.2 Å². The molecule has 0 aromatic heterocycles. The average molecular weight is 83.1 g/mol. The zero-order valence-electron chi connectivity index (χ0n) is 3.22. The fraction of sp³-hybridized carbons (Fsp3) is 0. The van der Waals surface area contributed by atoms with E-state index in [9.17, 15) is 4.79 Å². The second kappa shape index (κ2) is 4.08. The molecule has 32 valence electrons. The molecule has 0 radical (unpaired) electrons. The molecule has 0 aliphatic carbocycles. The largest absolute Gasteiger partial charge is 0.309 e. The van der Waals surface area contributed by atoms with E-state index >= 15 is 0 Å². The molecule has 0 atom stereocenters. The quantitative estimate of drug-likeness (QED) is 0.293. The lowest BCUT2D eigenvalue weighted by Gasteiger charge is -1.55. The molecule has 0 saturated heterocycles. The third-order valence-corrected chi connectivity index (χ3v) is 0.286. The Morgan fingerprint density at radius 2 is 2.00 bits per heavy atom. The van der Waals surface area contributed by atoms with Crippen LogP contribution < -0.4 is 0 Å². The molecule has 0 aromatic rings. The number of hydrogen-bond donors (Lipinski definition) is 1. The van der Waals surface area contributed by atoms with E-state index in [-0.39, 0.29) is 0 Å². The lowest BCUT2D eigenvalue weighted by molar-refractivity contribution is -0.104. The molecule has 6 heavy (non-hydrogen) atoms. The van der Waals surface area contributed by atoms with Gasteiger partial charge in [-0.15, -0.1) is 0 Å². The van der Waals surface area contributed by atoms with Crippen LogP contribution in [-0.4, -0.2) is 12.5 Å². The molecule has 0 amide bonds. The van der Waals surface area contributed by atoms with Crippen molar-refractivity contribution in [2.45, 2.75) is 0 Å². The minimum absolute atomic E-state index is 0.630. The van der Waals surface area contributed by atoms with Crippen molar-refractivity contribution < 1.29 is 4.79 Å². The maximum absolute atomic E-state index is 9.37. The molecule has 0 aliphatic rings. The molecule has 0 aromatic carbocycles. The van der Waals surface area contributed by atoms with Crippen molar-refractivity contribution in [1.29, 1.82) is 5.41 Å². The van der Waals surface area contributed by atoms with Crippen LogP contribution in [0.15, 0.2) is 12.2 Å². The maximum atomic E-state index is 9.37. The van der Waals surface area contributed by atoms with Crippen molar-refractivity contribution in [2.24, 2.45) is 0 Å². The van der Waals surface area contributed by atoms with E-state index in [0.29, 0.717) is 6.29 Å². The third kappa shape index (κ3) is 3.08. The Bertz CT molecular complexity index is 65.6. The Morgan fingerprint density at radius 3 is 2.17 bits per heavy atom. The van der Waals surface area contributed by atoms with Gasteiger partial charge >= 0.3 is 0 Å². The van der Waals surface area contributed by atoms with Gasteiger partial charge in [0.1, 0.15) is 6.29 Å². The summed E-state index contributed by atoms with van der Waals surface area (Å²) in [6.45, 7) is 0. The van der Waals surface area contributed by atoms with Gasteiger partial charge in [-0.1, -0.05) is 0 Å². The predicted molar refractivity (Wildman–Crippen MR) is 24.0 cm³/mol. The highest BCUT2D eigenvalue weighted by molar-refractivity contribution is 5.76. The molecule has 0 aliphatic heterocycles. The van der Waals surface area contributed by atoms with Gasteiger partial charge in [0.2, 0.25) is 0 Å². The Labute approximate surface area is 36.0 Å². The highest BCUT2D eigenvalue weighted by atomic mass is 16.1. The topological polar surface area (TPSA) is 40.9 Å². The fourth-order valence-electron chi connectivity index (χ4n) is 0.101. The smallest absolute Gasteiger partial charge is 0.142 e. The molecule has 0 unspecified atom stereocenters. The van der Waals surface area contributed by atoms with E-state index in [1.165, 1.54) is 12.2 Å². The molecule has 2 nitrogen and oxygen atoms in total. The van der Waals surface area contributed by atoms with E-state index in [0.717, 1.165) is 6.21 Å². The van der Waals surface area contributed by atoms with Crippen LogP contribution in [0.2, 0.25) is 0 Å². The minimum atomic E-state index is 0.630. The summed E-state index contributed by atoms with van der Waals surface area (Å²) in [5.74, 6) is 0. The standard InChI is InChI=1S/C4H5NO/c5-3-1-2-4-6/h1-5H. The Balaban J connectivity index is 3.17. The maximum Gasteiger partial charge on any atom is 0.142 e. The highest BCUT2D eigenvalue weighted by Crippen LogP contribution is 1.54. The zero-order valence-corrected chi connectivity index (χ0v) is 3.22. The number of hydrogen-bond acceptors (Lipinski definition) is 2. The van der Waals surface area contributed by atoms with Crippen molar-refractivity contribution in [2.75, 3.05) is 0 Å². The van der Waals surface area contributed by atoms with Gasteiger partial charge < -0.3 is 5.41 Å². The van der Waals surface area contributed by atoms with Crippen LogP contribution in [-0.2, 0) is 4.79 Å². The summed E-state index contributed by atoms with van der Waals surface area (Å²) in [7, 11) is 0. The van der Waals surface area contributed by atoms with Gasteiger partial charge in [-0.25, -0.2) is 0 Å². The number of rotatable bonds is 2. The second-order valence-corrected chi connectivity index (χ2v) is 0.688. The summed E-state index contributed by atoms with van der Waals surface area (Å²) in [6, 6.07) is 0. The lowest BCUT2D eigenvalue weighted by atomic mass is 10.6. The monoisotopic (exact) mass is 83.0 g/mol. The van der Waals surface area contributed by atoms with Gasteiger partial charge in [0.25, 0.3) is 0 Å². The summed E-state index contributed by atoms with van der Waals surface area (Å²) in [6.07, 6.45) is 4.29. The molecule has 0 bridgehead atoms. The van der Waals surface area contributed by atoms with Crippen LogP contribution in [0, 0.1) is 5.41 Å². The predicted octanol–water partition coefficient (Wildman–Crippen LogP) is 0.391. The molecule has 0 saturated carbocycles. The number of nitrogens with one attached hydrogen (secondary N) is 1. The fourth-order valence-corrected chi connectivity index (χ4v) is 0.101. The van der Waals surface area contributed by atoms with E-state index < -0.39 is 0 Å². The van der Waals surface area contributed by atoms with Gasteiger partial charge in [0.15, 0.2) is 0 Å². The normalized spacial score (nSPS) is 8.67. The van der Waals surface area contributed by atoms with Crippen LogP contribution in [0.4, 0.5) is 0 Å². The first-order valence-corrected chi connectivity index (χ1v) is 1.52. The first-order valence-electron chi connectivity index (χ1n) is 1.52. The zero-order chi connectivity index (χ0) is 4.83. The average Bonchev–Trinajstić information content (AvgIpc) is 1.61. The van der Waals surface area contributed by atoms with Crippen molar-refractivity contribution >= 4 is 12.5 Å². The van der Waals surface area contributed by atoms with E-state index in [4.69, 9.17) is 5.41 Å². The van der Waals surface area contributed by atoms with Crippen LogP contribution in [0.3, 0.4) is 0 Å². The van der Waals surface area contributed by atoms with Crippen molar-refractivity contribution in [3.8, 4) is 0 Å². The summed E-state index contributed by atoms with van der Waals surface area (Å²) in [5.41, 5.74) is 0. The van der Waals surface area contributed by atoms with Gasteiger partial charge in [-0.2, -0.15) is 0 Å². The molecule has 0 heterocycles. The first-order chi connectivity index (χ1) is 2.91. The number of carbonyl (C=O) groups is 1.